The minimum absolute atomic E-state index is 0.0333. The van der Waals surface area contributed by atoms with Gasteiger partial charge in [-0.25, -0.2) is 13.6 Å². The third-order valence-corrected chi connectivity index (χ3v) is 2.34. The lowest BCUT2D eigenvalue weighted by Gasteiger charge is -2.32. The standard InChI is InChI=1S/C10H15F2NO2/c11-10(12)5-3-7-13(8-10)6-2-1-4-9(14)15/h1,4H,2-3,5-8H2,(H,14,15). The van der Waals surface area contributed by atoms with E-state index in [0.29, 0.717) is 25.9 Å². The molecule has 0 unspecified atom stereocenters. The maximum Gasteiger partial charge on any atom is 0.327 e. The van der Waals surface area contributed by atoms with E-state index in [-0.39, 0.29) is 13.0 Å². The molecule has 1 heterocycles. The molecule has 1 saturated heterocycles. The summed E-state index contributed by atoms with van der Waals surface area (Å²) in [4.78, 5) is 11.8. The molecule has 0 amide bonds. The molecule has 15 heavy (non-hydrogen) atoms. The maximum atomic E-state index is 12.9. The maximum absolute atomic E-state index is 12.9. The van der Waals surface area contributed by atoms with E-state index in [2.05, 4.69) is 0 Å². The molecule has 1 aliphatic rings. The Bertz CT molecular complexity index is 254. The summed E-state index contributed by atoms with van der Waals surface area (Å²) >= 11 is 0. The number of nitrogens with zero attached hydrogens (tertiary/aromatic N) is 1. The van der Waals surface area contributed by atoms with Crippen LogP contribution in [0.1, 0.15) is 19.3 Å². The van der Waals surface area contributed by atoms with Gasteiger partial charge in [0.1, 0.15) is 0 Å². The van der Waals surface area contributed by atoms with Gasteiger partial charge in [-0.05, 0) is 19.4 Å². The van der Waals surface area contributed by atoms with Crippen LogP contribution in [0.3, 0.4) is 0 Å². The SMILES string of the molecule is O=C(O)C=CCCN1CCCC(F)(F)C1. The molecule has 5 heteroatoms. The topological polar surface area (TPSA) is 40.5 Å². The van der Waals surface area contributed by atoms with Crippen LogP contribution in [-0.2, 0) is 4.79 Å². The minimum Gasteiger partial charge on any atom is -0.478 e. The van der Waals surface area contributed by atoms with Gasteiger partial charge < -0.3 is 5.11 Å². The second kappa shape index (κ2) is 5.21. The second-order valence-corrected chi connectivity index (χ2v) is 3.76. The Labute approximate surface area is 87.4 Å². The average Bonchev–Trinajstić information content (AvgIpc) is 2.10. The molecule has 0 saturated carbocycles. The van der Waals surface area contributed by atoms with E-state index in [4.69, 9.17) is 5.11 Å². The normalized spacial score (nSPS) is 22.0. The van der Waals surface area contributed by atoms with Gasteiger partial charge in [-0.15, -0.1) is 0 Å². The molecule has 1 fully saturated rings. The fourth-order valence-corrected chi connectivity index (χ4v) is 1.68. The Kier molecular flexibility index (Phi) is 4.20. The zero-order valence-corrected chi connectivity index (χ0v) is 8.46. The lowest BCUT2D eigenvalue weighted by molar-refractivity contribution is -0.131. The highest BCUT2D eigenvalue weighted by molar-refractivity contribution is 5.79. The first-order valence-electron chi connectivity index (χ1n) is 4.99. The number of carboxylic acids is 1. The number of hydrogen-bond acceptors (Lipinski definition) is 2. The second-order valence-electron chi connectivity index (χ2n) is 3.76. The van der Waals surface area contributed by atoms with Crippen LogP contribution >= 0.6 is 0 Å². The number of carbonyl (C=O) groups is 1. The third kappa shape index (κ3) is 4.88. The number of likely N-dealkylation sites (tertiary alicyclic amines) is 1. The van der Waals surface area contributed by atoms with Gasteiger partial charge >= 0.3 is 5.97 Å². The van der Waals surface area contributed by atoms with Crippen molar-refractivity contribution >= 4 is 5.97 Å². The summed E-state index contributed by atoms with van der Waals surface area (Å²) in [5.74, 6) is -3.58. The zero-order valence-electron chi connectivity index (χ0n) is 8.46. The zero-order chi connectivity index (χ0) is 11.3. The number of hydrogen-bond donors (Lipinski definition) is 1. The number of halogens is 2. The van der Waals surface area contributed by atoms with Crippen LogP contribution in [0.5, 0.6) is 0 Å². The molecule has 0 radical (unpaired) electrons. The monoisotopic (exact) mass is 219 g/mol. The molecular weight excluding hydrogens is 204 g/mol. The number of alkyl halides is 2. The van der Waals surface area contributed by atoms with Crippen molar-refractivity contribution in [2.24, 2.45) is 0 Å². The van der Waals surface area contributed by atoms with Crippen molar-refractivity contribution < 1.29 is 18.7 Å². The van der Waals surface area contributed by atoms with Crippen molar-refractivity contribution in [1.82, 2.24) is 4.90 Å². The molecule has 1 N–H and O–H groups in total. The molecule has 86 valence electrons. The molecule has 0 atom stereocenters. The number of rotatable bonds is 4. The van der Waals surface area contributed by atoms with Gasteiger partial charge in [0.25, 0.3) is 5.92 Å². The predicted octanol–water partition coefficient (Wildman–Crippen LogP) is 1.75. The largest absolute Gasteiger partial charge is 0.478 e. The quantitative estimate of drug-likeness (QED) is 0.732. The molecule has 0 aromatic heterocycles. The Morgan fingerprint density at radius 2 is 2.27 bits per heavy atom. The van der Waals surface area contributed by atoms with E-state index in [9.17, 15) is 13.6 Å². The van der Waals surface area contributed by atoms with Gasteiger partial charge in [0.05, 0.1) is 6.54 Å². The molecule has 0 spiro atoms. The van der Waals surface area contributed by atoms with E-state index in [0.717, 1.165) is 6.08 Å². The van der Waals surface area contributed by atoms with Gasteiger partial charge in [0.15, 0.2) is 0 Å². The van der Waals surface area contributed by atoms with Gasteiger partial charge in [-0.2, -0.15) is 0 Å². The van der Waals surface area contributed by atoms with E-state index in [1.807, 2.05) is 0 Å². The Morgan fingerprint density at radius 1 is 1.53 bits per heavy atom. The molecule has 1 aliphatic heterocycles. The molecule has 3 nitrogen and oxygen atoms in total. The smallest absolute Gasteiger partial charge is 0.327 e. The number of aliphatic carboxylic acids is 1. The fourth-order valence-electron chi connectivity index (χ4n) is 1.68. The summed E-state index contributed by atoms with van der Waals surface area (Å²) in [6, 6.07) is 0. The molecular formula is C10H15F2NO2. The van der Waals surface area contributed by atoms with Gasteiger partial charge in [0, 0.05) is 19.0 Å². The van der Waals surface area contributed by atoms with Crippen LogP contribution < -0.4 is 0 Å². The van der Waals surface area contributed by atoms with Crippen LogP contribution in [0.4, 0.5) is 8.78 Å². The first-order chi connectivity index (χ1) is 6.99. The van der Waals surface area contributed by atoms with Gasteiger partial charge in [0.2, 0.25) is 0 Å². The van der Waals surface area contributed by atoms with E-state index < -0.39 is 11.9 Å². The van der Waals surface area contributed by atoms with Crippen molar-refractivity contribution in [2.45, 2.75) is 25.2 Å². The van der Waals surface area contributed by atoms with Crippen LogP contribution in [0.2, 0.25) is 0 Å². The van der Waals surface area contributed by atoms with Crippen LogP contribution in [0.25, 0.3) is 0 Å². The number of piperidine rings is 1. The molecule has 0 aliphatic carbocycles. The summed E-state index contributed by atoms with van der Waals surface area (Å²) < 4.78 is 25.9. The molecule has 0 aromatic rings. The van der Waals surface area contributed by atoms with Crippen LogP contribution in [-0.4, -0.2) is 41.5 Å². The van der Waals surface area contributed by atoms with Crippen LogP contribution in [0, 0.1) is 0 Å². The Morgan fingerprint density at radius 3 is 2.87 bits per heavy atom. The molecule has 0 bridgehead atoms. The highest BCUT2D eigenvalue weighted by Gasteiger charge is 2.34. The Balaban J connectivity index is 2.24. The number of carboxylic acid groups (broad SMARTS) is 1. The predicted molar refractivity (Wildman–Crippen MR) is 52.0 cm³/mol. The highest BCUT2D eigenvalue weighted by atomic mass is 19.3. The van der Waals surface area contributed by atoms with Crippen molar-refractivity contribution in [1.29, 1.82) is 0 Å². The lowest BCUT2D eigenvalue weighted by Crippen LogP contribution is -2.42. The van der Waals surface area contributed by atoms with Crippen molar-refractivity contribution in [3.8, 4) is 0 Å². The summed E-state index contributed by atoms with van der Waals surface area (Å²) in [6.45, 7) is 0.976. The van der Waals surface area contributed by atoms with Gasteiger partial charge in [-0.3, -0.25) is 4.90 Å². The molecule has 0 aromatic carbocycles. The van der Waals surface area contributed by atoms with Crippen LogP contribution in [0.15, 0.2) is 12.2 Å². The van der Waals surface area contributed by atoms with Crippen molar-refractivity contribution in [3.05, 3.63) is 12.2 Å². The summed E-state index contributed by atoms with van der Waals surface area (Å²) in [6.07, 6.45) is 3.52. The third-order valence-electron chi connectivity index (χ3n) is 2.34. The minimum atomic E-state index is -2.57. The molecule has 1 rings (SSSR count). The first-order valence-corrected chi connectivity index (χ1v) is 4.99. The van der Waals surface area contributed by atoms with E-state index in [1.165, 1.54) is 6.08 Å². The fraction of sp³-hybridized carbons (Fsp3) is 0.700. The lowest BCUT2D eigenvalue weighted by atomic mass is 10.1. The highest BCUT2D eigenvalue weighted by Crippen LogP contribution is 2.26. The summed E-state index contributed by atoms with van der Waals surface area (Å²) in [5.41, 5.74) is 0. The first kappa shape index (κ1) is 12.1. The van der Waals surface area contributed by atoms with E-state index in [1.54, 1.807) is 4.90 Å². The van der Waals surface area contributed by atoms with E-state index >= 15 is 0 Å². The summed E-state index contributed by atoms with van der Waals surface area (Å²) in [7, 11) is 0. The average molecular weight is 219 g/mol. The van der Waals surface area contributed by atoms with Gasteiger partial charge in [-0.1, -0.05) is 6.08 Å². The Hall–Kier alpha value is -0.970. The van der Waals surface area contributed by atoms with Crippen molar-refractivity contribution in [2.75, 3.05) is 19.6 Å². The summed E-state index contributed by atoms with van der Waals surface area (Å²) in [5, 5.41) is 8.31. The van der Waals surface area contributed by atoms with Crippen molar-refractivity contribution in [3.63, 3.8) is 0 Å².